The smallest absolute Gasteiger partial charge is 0.252 e. The summed E-state index contributed by atoms with van der Waals surface area (Å²) in [6, 6.07) is 5.24. The third-order valence-electron chi connectivity index (χ3n) is 3.42. The first-order valence-corrected chi connectivity index (χ1v) is 8.33. The van der Waals surface area contributed by atoms with Crippen molar-refractivity contribution in [3.8, 4) is 0 Å². The van der Waals surface area contributed by atoms with E-state index in [-0.39, 0.29) is 12.5 Å². The monoisotopic (exact) mass is 312 g/mol. The highest BCUT2D eigenvalue weighted by Crippen LogP contribution is 2.31. The fraction of sp³-hybridized carbons (Fsp3) is 0.500. The minimum atomic E-state index is -3.36. The van der Waals surface area contributed by atoms with Crippen LogP contribution in [0.3, 0.4) is 0 Å². The lowest BCUT2D eigenvalue weighted by molar-refractivity contribution is -0.122. The van der Waals surface area contributed by atoms with Gasteiger partial charge >= 0.3 is 0 Å². The molecule has 1 aliphatic heterocycles. The molecule has 0 saturated heterocycles. The fourth-order valence-corrected chi connectivity index (χ4v) is 2.90. The number of ether oxygens (including phenoxy) is 1. The summed E-state index contributed by atoms with van der Waals surface area (Å²) in [6.45, 7) is 3.89. The maximum atomic E-state index is 11.9. The third kappa shape index (κ3) is 3.36. The van der Waals surface area contributed by atoms with E-state index in [1.165, 1.54) is 7.11 Å². The molecule has 0 aliphatic carbocycles. The second-order valence-corrected chi connectivity index (χ2v) is 7.50. The molecule has 0 spiro atoms. The minimum Gasteiger partial charge on any atom is -0.375 e. The molecule has 7 heteroatoms. The first-order valence-electron chi connectivity index (χ1n) is 6.79. The summed E-state index contributed by atoms with van der Waals surface area (Å²) in [5.41, 5.74) is 2.32. The minimum absolute atomic E-state index is 0.0428. The molecule has 0 fully saturated rings. The standard InChI is InChI=1S/C14H20N2O4S/c1-10(2)21(18,19)15-12-4-5-13-11(8-12)6-7-16(13)14(17)9-20-3/h4-5,8,10,15H,6-7,9H2,1-3H3. The first-order chi connectivity index (χ1) is 9.85. The summed E-state index contributed by atoms with van der Waals surface area (Å²) in [5, 5.41) is -0.495. The molecule has 0 unspecified atom stereocenters. The largest absolute Gasteiger partial charge is 0.375 e. The highest BCUT2D eigenvalue weighted by molar-refractivity contribution is 7.93. The molecular formula is C14H20N2O4S. The van der Waals surface area contributed by atoms with Gasteiger partial charge in [-0.3, -0.25) is 9.52 Å². The van der Waals surface area contributed by atoms with Crippen LogP contribution in [0, 0.1) is 0 Å². The van der Waals surface area contributed by atoms with Crippen molar-refractivity contribution in [2.45, 2.75) is 25.5 Å². The number of anilines is 2. The van der Waals surface area contributed by atoms with Crippen molar-refractivity contribution in [1.82, 2.24) is 0 Å². The molecule has 0 saturated carbocycles. The number of nitrogens with zero attached hydrogens (tertiary/aromatic N) is 1. The molecule has 0 atom stereocenters. The second kappa shape index (κ2) is 6.03. The van der Waals surface area contributed by atoms with Crippen molar-refractivity contribution in [1.29, 1.82) is 0 Å². The molecule has 1 aromatic carbocycles. The van der Waals surface area contributed by atoms with Crippen LogP contribution >= 0.6 is 0 Å². The van der Waals surface area contributed by atoms with E-state index in [1.54, 1.807) is 36.9 Å². The lowest BCUT2D eigenvalue weighted by Crippen LogP contribution is -2.31. The van der Waals surface area contributed by atoms with Gasteiger partial charge in [0.05, 0.1) is 5.25 Å². The van der Waals surface area contributed by atoms with E-state index >= 15 is 0 Å². The number of hydrogen-bond acceptors (Lipinski definition) is 4. The average Bonchev–Trinajstić information content (AvgIpc) is 2.81. The number of hydrogen-bond donors (Lipinski definition) is 1. The van der Waals surface area contributed by atoms with Gasteiger partial charge in [-0.25, -0.2) is 8.42 Å². The Kier molecular flexibility index (Phi) is 4.53. The summed E-state index contributed by atoms with van der Waals surface area (Å²) in [6.07, 6.45) is 0.710. The fourth-order valence-electron chi connectivity index (χ4n) is 2.21. The highest BCUT2D eigenvalue weighted by atomic mass is 32.2. The second-order valence-electron chi connectivity index (χ2n) is 5.27. The van der Waals surface area contributed by atoms with Gasteiger partial charge in [0.2, 0.25) is 10.0 Å². The number of fused-ring (bicyclic) bond motifs is 1. The quantitative estimate of drug-likeness (QED) is 0.891. The summed E-state index contributed by atoms with van der Waals surface area (Å²) in [7, 11) is -1.87. The number of benzene rings is 1. The van der Waals surface area contributed by atoms with E-state index in [2.05, 4.69) is 4.72 Å². The molecular weight excluding hydrogens is 292 g/mol. The predicted molar refractivity (Wildman–Crippen MR) is 82.1 cm³/mol. The van der Waals surface area contributed by atoms with Crippen molar-refractivity contribution in [3.63, 3.8) is 0 Å². The molecule has 0 aromatic heterocycles. The molecule has 1 amide bonds. The van der Waals surface area contributed by atoms with Crippen molar-refractivity contribution < 1.29 is 17.9 Å². The third-order valence-corrected chi connectivity index (χ3v) is 5.19. The van der Waals surface area contributed by atoms with E-state index < -0.39 is 15.3 Å². The molecule has 21 heavy (non-hydrogen) atoms. The zero-order valence-corrected chi connectivity index (χ0v) is 13.2. The Morgan fingerprint density at radius 2 is 2.14 bits per heavy atom. The first kappa shape index (κ1) is 15.8. The van der Waals surface area contributed by atoms with Crippen molar-refractivity contribution in [3.05, 3.63) is 23.8 Å². The summed E-state index contributed by atoms with van der Waals surface area (Å²) >= 11 is 0. The number of methoxy groups -OCH3 is 1. The predicted octanol–water partition coefficient (Wildman–Crippen LogP) is 1.37. The SMILES string of the molecule is COCC(=O)N1CCc2cc(NS(=O)(=O)C(C)C)ccc21. The Morgan fingerprint density at radius 3 is 2.76 bits per heavy atom. The van der Waals surface area contributed by atoms with Crippen molar-refractivity contribution in [2.24, 2.45) is 0 Å². The molecule has 0 radical (unpaired) electrons. The number of rotatable bonds is 5. The van der Waals surface area contributed by atoms with Crippen LogP contribution in [-0.2, 0) is 26.0 Å². The zero-order chi connectivity index (χ0) is 15.6. The van der Waals surface area contributed by atoms with Gasteiger partial charge in [-0.1, -0.05) is 0 Å². The van der Waals surface area contributed by atoms with E-state index in [0.29, 0.717) is 18.7 Å². The molecule has 0 bridgehead atoms. The van der Waals surface area contributed by atoms with Crippen molar-refractivity contribution >= 4 is 27.3 Å². The summed E-state index contributed by atoms with van der Waals surface area (Å²) < 4.78 is 31.2. The zero-order valence-electron chi connectivity index (χ0n) is 12.4. The normalized spacial score (nSPS) is 14.4. The number of carbonyl (C=O) groups is 1. The number of amides is 1. The Hall–Kier alpha value is -1.60. The number of sulfonamides is 1. The molecule has 1 heterocycles. The van der Waals surface area contributed by atoms with Gasteiger partial charge in [0.1, 0.15) is 6.61 Å². The van der Waals surface area contributed by atoms with E-state index in [1.807, 2.05) is 0 Å². The van der Waals surface area contributed by atoms with Gasteiger partial charge in [-0.15, -0.1) is 0 Å². The van der Waals surface area contributed by atoms with Crippen LogP contribution in [0.25, 0.3) is 0 Å². The van der Waals surface area contributed by atoms with Crippen LogP contribution in [0.1, 0.15) is 19.4 Å². The molecule has 1 aromatic rings. The molecule has 1 N–H and O–H groups in total. The van der Waals surface area contributed by atoms with Gasteiger partial charge < -0.3 is 9.64 Å². The molecule has 6 nitrogen and oxygen atoms in total. The summed E-state index contributed by atoms with van der Waals surface area (Å²) in [5.74, 6) is -0.0910. The van der Waals surface area contributed by atoms with Crippen LogP contribution in [0.15, 0.2) is 18.2 Å². The van der Waals surface area contributed by atoms with E-state index in [9.17, 15) is 13.2 Å². The molecule has 1 aliphatic rings. The topological polar surface area (TPSA) is 75.7 Å². The van der Waals surface area contributed by atoms with E-state index in [0.717, 1.165) is 11.3 Å². The number of carbonyl (C=O) groups excluding carboxylic acids is 1. The molecule has 2 rings (SSSR count). The lowest BCUT2D eigenvalue weighted by atomic mass is 10.1. The number of nitrogens with one attached hydrogen (secondary N) is 1. The Labute approximate surface area is 125 Å². The maximum Gasteiger partial charge on any atom is 0.252 e. The van der Waals surface area contributed by atoms with Gasteiger partial charge in [0.15, 0.2) is 0 Å². The summed E-state index contributed by atoms with van der Waals surface area (Å²) in [4.78, 5) is 13.6. The van der Waals surface area contributed by atoms with Crippen LogP contribution in [-0.4, -0.2) is 39.8 Å². The van der Waals surface area contributed by atoms with Crippen molar-refractivity contribution in [2.75, 3.05) is 29.9 Å². The Bertz CT molecular complexity index is 640. The van der Waals surface area contributed by atoms with Gasteiger partial charge in [0, 0.05) is 25.0 Å². The van der Waals surface area contributed by atoms with Gasteiger partial charge in [0.25, 0.3) is 5.91 Å². The van der Waals surface area contributed by atoms with Crippen LogP contribution < -0.4 is 9.62 Å². The maximum absolute atomic E-state index is 11.9. The van der Waals surface area contributed by atoms with Crippen LogP contribution in [0.4, 0.5) is 11.4 Å². The average molecular weight is 312 g/mol. The highest BCUT2D eigenvalue weighted by Gasteiger charge is 2.25. The molecule has 116 valence electrons. The lowest BCUT2D eigenvalue weighted by Gasteiger charge is -2.17. The van der Waals surface area contributed by atoms with Gasteiger partial charge in [-0.05, 0) is 44.0 Å². The van der Waals surface area contributed by atoms with Crippen LogP contribution in [0.2, 0.25) is 0 Å². The Morgan fingerprint density at radius 1 is 1.43 bits per heavy atom. The van der Waals surface area contributed by atoms with Gasteiger partial charge in [-0.2, -0.15) is 0 Å². The Balaban J connectivity index is 2.21. The van der Waals surface area contributed by atoms with Crippen LogP contribution in [0.5, 0.6) is 0 Å². The van der Waals surface area contributed by atoms with E-state index in [4.69, 9.17) is 4.74 Å².